The number of primary amides is 1. The van der Waals surface area contributed by atoms with Crippen LogP contribution in [0.2, 0.25) is 10.0 Å². The van der Waals surface area contributed by atoms with Gasteiger partial charge in [-0.3, -0.25) is 33.6 Å². The lowest BCUT2D eigenvalue weighted by Crippen LogP contribution is -2.64. The molecule has 22 N–H and O–H groups in total. The van der Waals surface area contributed by atoms with E-state index in [-0.39, 0.29) is 40.3 Å². The molecular weight excluding hydrogens is 1350 g/mol. The molecule has 0 spiro atoms. The maximum absolute atomic E-state index is 16.0. The smallest absolute Gasteiger partial charge is 0.330 e. The lowest BCUT2D eigenvalue weighted by Gasteiger charge is -2.47. The van der Waals surface area contributed by atoms with Gasteiger partial charge in [-0.15, -0.1) is 0 Å². The molecule has 0 aromatic heterocycles. The van der Waals surface area contributed by atoms with Crippen LogP contribution in [0, 0.1) is 0 Å². The van der Waals surface area contributed by atoms with E-state index in [9.17, 15) is 75.0 Å². The zero-order valence-electron chi connectivity index (χ0n) is 52.5. The molecule has 0 saturated carbocycles. The van der Waals surface area contributed by atoms with Crippen LogP contribution in [0.5, 0.6) is 46.0 Å². The van der Waals surface area contributed by atoms with E-state index in [1.165, 1.54) is 26.0 Å². The molecule has 35 heteroatoms. The third-order valence-corrected chi connectivity index (χ3v) is 17.9. The molecule has 5 aromatic carbocycles. The van der Waals surface area contributed by atoms with Crippen LogP contribution in [-0.2, 0) is 52.6 Å². The fourth-order valence-corrected chi connectivity index (χ4v) is 12.6. The van der Waals surface area contributed by atoms with E-state index >= 15 is 14.4 Å². The van der Waals surface area contributed by atoms with Gasteiger partial charge in [0.1, 0.15) is 89.5 Å². The van der Waals surface area contributed by atoms with Crippen molar-refractivity contribution in [3.63, 3.8) is 0 Å². The van der Waals surface area contributed by atoms with Gasteiger partial charge in [0.15, 0.2) is 29.9 Å². The predicted octanol–water partition coefficient (Wildman–Crippen LogP) is -0.400. The summed E-state index contributed by atoms with van der Waals surface area (Å²) in [5.41, 5.74) is 14.0. The molecule has 2 fully saturated rings. The van der Waals surface area contributed by atoms with Crippen LogP contribution in [0.3, 0.4) is 0 Å². The minimum absolute atomic E-state index is 0.0880. The number of aliphatic hydroxyl groups is 6. The number of aromatic hydroxyl groups is 3. The highest BCUT2D eigenvalue weighted by molar-refractivity contribution is 6.32. The first kappa shape index (κ1) is 72.5. The zero-order chi connectivity index (χ0) is 72.0. The summed E-state index contributed by atoms with van der Waals surface area (Å²) >= 11 is 14.0. The summed E-state index contributed by atoms with van der Waals surface area (Å²) in [7, 11) is 0. The van der Waals surface area contributed by atoms with Crippen molar-refractivity contribution in [2.75, 3.05) is 6.61 Å². The minimum Gasteiger partial charge on any atom is -0.508 e. The number of carboxylic acid groups (broad SMARTS) is 1. The van der Waals surface area contributed by atoms with Crippen LogP contribution in [0.15, 0.2) is 78.9 Å². The summed E-state index contributed by atoms with van der Waals surface area (Å²) in [5, 5.41) is 127. The quantitative estimate of drug-likeness (QED) is 0.0755. The van der Waals surface area contributed by atoms with Gasteiger partial charge in [-0.05, 0) is 97.1 Å². The normalized spacial score (nSPS) is 29.7. The topological polar surface area (TPSA) is 544 Å². The molecule has 7 aliphatic heterocycles. The lowest BCUT2D eigenvalue weighted by atomic mass is 9.86. The molecule has 5 aromatic rings. The second-order valence-corrected chi connectivity index (χ2v) is 25.5. The number of halogens is 2. The van der Waals surface area contributed by atoms with Crippen molar-refractivity contribution in [2.24, 2.45) is 17.2 Å². The minimum atomic E-state index is -2.35. The number of rotatable bonds is 12. The van der Waals surface area contributed by atoms with Crippen molar-refractivity contribution in [2.45, 2.75) is 156 Å². The Bertz CT molecular complexity index is 4020. The molecule has 11 bridgehead atoms. The summed E-state index contributed by atoms with van der Waals surface area (Å²) in [6, 6.07) is -1.14. The Morgan fingerprint density at radius 1 is 0.717 bits per heavy atom. The largest absolute Gasteiger partial charge is 0.508 e. The van der Waals surface area contributed by atoms with E-state index in [4.69, 9.17) is 68.8 Å². The summed E-state index contributed by atoms with van der Waals surface area (Å²) in [4.78, 5) is 116. The number of benzene rings is 5. The summed E-state index contributed by atoms with van der Waals surface area (Å²) in [5.74, 6) is -16.2. The number of carbonyl (C=O) groups excluding carboxylic acids is 7. The van der Waals surface area contributed by atoms with Gasteiger partial charge in [0, 0.05) is 34.7 Å². The second kappa shape index (κ2) is 29.3. The number of phenols is 3. The van der Waals surface area contributed by atoms with Gasteiger partial charge in [-0.2, -0.15) is 0 Å². The third-order valence-electron chi connectivity index (χ3n) is 17.3. The highest BCUT2D eigenvalue weighted by Crippen LogP contribution is 2.50. The van der Waals surface area contributed by atoms with Crippen LogP contribution in [0.25, 0.3) is 11.1 Å². The first-order valence-electron chi connectivity index (χ1n) is 30.8. The van der Waals surface area contributed by atoms with Crippen molar-refractivity contribution in [3.8, 4) is 57.1 Å². The van der Waals surface area contributed by atoms with E-state index in [1.807, 2.05) is 0 Å². The molecular formula is C64H71Cl2N9O24. The van der Waals surface area contributed by atoms with Gasteiger partial charge >= 0.3 is 5.97 Å². The standard InChI is InChI=1S/C64H71Cl2N9O24/c1-4-5-32(67)56(86)74-47-49(81)24-7-10-36(30(65)13-24)95-38-15-26-16-39(53(38)99-63-54(52(84)51(83)40(21-76)97-63)98-42-20-64(3,69)55(85)22(2)94-42)96-37-11-8-25(14-31(37)66)50(82)48-61(91)73-46(62(92)93)29-17-27(77)18-35(79)43(29)28-12-23(6-9-34(28)78)44(58(88)75-48)72-59(89)45(26)71-57(87)33(19-41(68)80)70-60(47)90/h6-18,22,32-33,40,42,44-52,54-55,63,76-79,81-85H,4-5,19-21,67,69H2,1-3H3,(H2,68,80)(H,70,90)(H,71,87)(H,72,89)(H,73,91)(H,74,86)(H,75,88)(H,92,93). The van der Waals surface area contributed by atoms with Crippen LogP contribution >= 0.6 is 23.2 Å². The number of phenolic OH excluding ortho intramolecular Hbond substituents is 3. The molecule has 18 unspecified atom stereocenters. The van der Waals surface area contributed by atoms with Gasteiger partial charge in [-0.1, -0.05) is 54.7 Å². The maximum atomic E-state index is 16.0. The SMILES string of the molecule is CCCC(N)C(=O)NC1C(=O)NC(CC(N)=O)C(=O)NC2C(=O)NC3C(=O)NC(C(=O)NC(C(=O)O)c4cc(O)cc(O)c4-c4cc3ccc4O)C(O)c3ccc(c(Cl)c3)Oc3cc2cc(c3OC2OC(CO)C(O)C(O)C2OC2CC(C)(N)C(O)C(C)O2)Oc2ccc(cc2Cl)C1O. The summed E-state index contributed by atoms with van der Waals surface area (Å²) in [6.45, 7) is 3.73. The number of carbonyl (C=O) groups is 8. The molecule has 99 heavy (non-hydrogen) atoms. The van der Waals surface area contributed by atoms with Crippen molar-refractivity contribution in [1.29, 1.82) is 0 Å². The predicted molar refractivity (Wildman–Crippen MR) is 340 cm³/mol. The van der Waals surface area contributed by atoms with Crippen LogP contribution < -0.4 is 63.3 Å². The Morgan fingerprint density at radius 2 is 1.32 bits per heavy atom. The Hall–Kier alpha value is -9.20. The number of amides is 7. The number of aliphatic carboxylic acids is 1. The third kappa shape index (κ3) is 15.2. The number of hydrogen-bond donors (Lipinski definition) is 19. The fraction of sp³-hybridized carbons (Fsp3) is 0.406. The molecule has 7 aliphatic rings. The van der Waals surface area contributed by atoms with Gasteiger partial charge < -0.3 is 129 Å². The number of hydrogen-bond acceptors (Lipinski definition) is 25. The maximum Gasteiger partial charge on any atom is 0.330 e. The fourth-order valence-electron chi connectivity index (χ4n) is 12.1. The Morgan fingerprint density at radius 3 is 1.92 bits per heavy atom. The van der Waals surface area contributed by atoms with Gasteiger partial charge in [0.05, 0.1) is 41.3 Å². The van der Waals surface area contributed by atoms with Crippen LogP contribution in [0.4, 0.5) is 0 Å². The first-order chi connectivity index (χ1) is 46.8. The molecule has 7 heterocycles. The average Bonchev–Trinajstić information content (AvgIpc) is 0.776. The molecule has 18 atom stereocenters. The number of fused-ring (bicyclic) bond motifs is 15. The van der Waals surface area contributed by atoms with Crippen molar-refractivity contribution in [3.05, 3.63) is 117 Å². The van der Waals surface area contributed by atoms with E-state index in [1.54, 1.807) is 6.92 Å². The molecule has 0 radical (unpaired) electrons. The van der Waals surface area contributed by atoms with Crippen molar-refractivity contribution in [1.82, 2.24) is 31.9 Å². The highest BCUT2D eigenvalue weighted by atomic mass is 35.5. The second-order valence-electron chi connectivity index (χ2n) is 24.6. The molecule has 12 rings (SSSR count). The molecule has 2 saturated heterocycles. The Balaban J connectivity index is 1.24. The van der Waals surface area contributed by atoms with Gasteiger partial charge in [0.25, 0.3) is 0 Å². The molecule has 33 nitrogen and oxygen atoms in total. The van der Waals surface area contributed by atoms with Crippen LogP contribution in [-0.4, -0.2) is 184 Å². The zero-order valence-corrected chi connectivity index (χ0v) is 54.0. The summed E-state index contributed by atoms with van der Waals surface area (Å²) < 4.78 is 38.2. The highest BCUT2D eigenvalue weighted by Gasteiger charge is 2.51. The van der Waals surface area contributed by atoms with E-state index in [0.29, 0.717) is 6.42 Å². The molecule has 0 aliphatic carbocycles. The number of nitrogens with two attached hydrogens (primary N) is 3. The molecule has 530 valence electrons. The lowest BCUT2D eigenvalue weighted by molar-refractivity contribution is -0.333. The first-order valence-corrected chi connectivity index (χ1v) is 31.6. The van der Waals surface area contributed by atoms with Crippen molar-refractivity contribution >= 4 is 70.5 Å². The number of nitrogens with one attached hydrogen (secondary N) is 6. The Labute approximate surface area is 571 Å². The Kier molecular flexibility index (Phi) is 21.5. The number of ether oxygens (including phenoxy) is 6. The van der Waals surface area contributed by atoms with Gasteiger partial charge in [-0.25, -0.2) is 4.79 Å². The molecule has 7 amide bonds. The average molecular weight is 1420 g/mol. The van der Waals surface area contributed by atoms with Gasteiger partial charge in [0.2, 0.25) is 53.4 Å². The van der Waals surface area contributed by atoms with E-state index < -0.39 is 237 Å². The number of aliphatic hydroxyl groups excluding tert-OH is 6. The summed E-state index contributed by atoms with van der Waals surface area (Å²) in [6.07, 6.45) is -18.3. The monoisotopic (exact) mass is 1420 g/mol. The van der Waals surface area contributed by atoms with Crippen molar-refractivity contribution < 1.29 is 118 Å². The van der Waals surface area contributed by atoms with E-state index in [2.05, 4.69) is 31.9 Å². The van der Waals surface area contributed by atoms with E-state index in [0.717, 1.165) is 66.7 Å². The number of carboxylic acids is 1. The van der Waals surface area contributed by atoms with Crippen LogP contribution in [0.1, 0.15) is 105 Å².